The molecule has 0 aromatic carbocycles. The molecule has 70 valence electrons. The fraction of sp³-hybridized carbons (Fsp3) is 1.00. The van der Waals surface area contributed by atoms with E-state index in [0.29, 0.717) is 0 Å². The van der Waals surface area contributed by atoms with Crippen molar-refractivity contribution >= 4 is 0 Å². The van der Waals surface area contributed by atoms with E-state index < -0.39 is 0 Å². The summed E-state index contributed by atoms with van der Waals surface area (Å²) in [6.45, 7) is 12.2. The summed E-state index contributed by atoms with van der Waals surface area (Å²) in [7, 11) is 0. The second-order valence-electron chi connectivity index (χ2n) is 2.14. The van der Waals surface area contributed by atoms with Gasteiger partial charge in [-0.05, 0) is 33.4 Å². The normalized spacial score (nSPS) is 8.73. The minimum Gasteiger partial charge on any atom is -0.382 e. The van der Waals surface area contributed by atoms with Crippen LogP contribution in [0, 0.1) is 0 Å². The molecule has 1 N–H and O–H groups in total. The van der Waals surface area contributed by atoms with Crippen LogP contribution in [0.15, 0.2) is 0 Å². The number of hydrogen-bond donors (Lipinski definition) is 1. The highest BCUT2D eigenvalue weighted by Gasteiger charge is 1.71. The Kier molecular flexibility index (Phi) is 20.2. The van der Waals surface area contributed by atoms with Crippen molar-refractivity contribution in [3.05, 3.63) is 0 Å². The molecule has 0 amide bonds. The Morgan fingerprint density at radius 3 is 1.64 bits per heavy atom. The maximum atomic E-state index is 4.83. The summed E-state index contributed by atoms with van der Waals surface area (Å²) < 4.78 is 4.83. The van der Waals surface area contributed by atoms with Gasteiger partial charge in [0.25, 0.3) is 0 Å². The van der Waals surface area contributed by atoms with Crippen LogP contribution in [-0.2, 0) is 4.74 Å². The topological polar surface area (TPSA) is 21.3 Å². The van der Waals surface area contributed by atoms with Crippen LogP contribution in [0.1, 0.15) is 34.1 Å². The molecule has 2 nitrogen and oxygen atoms in total. The maximum absolute atomic E-state index is 4.83. The van der Waals surface area contributed by atoms with Crippen molar-refractivity contribution in [1.82, 2.24) is 5.32 Å². The second-order valence-corrected chi connectivity index (χ2v) is 2.14. The van der Waals surface area contributed by atoms with Gasteiger partial charge in [0, 0.05) is 13.2 Å². The van der Waals surface area contributed by atoms with Gasteiger partial charge in [0.1, 0.15) is 0 Å². The SMILES string of the molecule is CCCNCC.CCOCC. The van der Waals surface area contributed by atoms with Crippen LogP contribution in [0.25, 0.3) is 0 Å². The third kappa shape index (κ3) is 25.7. The molecule has 0 aliphatic rings. The van der Waals surface area contributed by atoms with E-state index in [0.717, 1.165) is 26.3 Å². The van der Waals surface area contributed by atoms with Crippen LogP contribution in [-0.4, -0.2) is 26.3 Å². The first kappa shape index (κ1) is 13.5. The monoisotopic (exact) mass is 161 g/mol. The standard InChI is InChI=1S/C5H13N.C4H10O/c1-3-5-6-4-2;1-3-5-4-2/h6H,3-5H2,1-2H3;3-4H2,1-2H3. The van der Waals surface area contributed by atoms with E-state index in [4.69, 9.17) is 4.74 Å². The van der Waals surface area contributed by atoms with Gasteiger partial charge in [0.2, 0.25) is 0 Å². The molecular weight excluding hydrogens is 138 g/mol. The Labute approximate surface area is 71.3 Å². The third-order valence-electron chi connectivity index (χ3n) is 1.09. The van der Waals surface area contributed by atoms with E-state index in [1.165, 1.54) is 6.42 Å². The lowest BCUT2D eigenvalue weighted by Crippen LogP contribution is -2.12. The zero-order valence-corrected chi connectivity index (χ0v) is 8.44. The number of hydrogen-bond acceptors (Lipinski definition) is 2. The zero-order chi connectivity index (χ0) is 8.95. The fourth-order valence-corrected chi connectivity index (χ4v) is 0.558. The Balaban J connectivity index is 0. The van der Waals surface area contributed by atoms with Crippen molar-refractivity contribution in [3.8, 4) is 0 Å². The first-order valence-corrected chi connectivity index (χ1v) is 4.61. The molecule has 0 saturated carbocycles. The molecule has 0 heterocycles. The molecule has 2 heteroatoms. The van der Waals surface area contributed by atoms with Crippen LogP contribution in [0.2, 0.25) is 0 Å². The molecule has 0 atom stereocenters. The van der Waals surface area contributed by atoms with Crippen LogP contribution < -0.4 is 5.32 Å². The van der Waals surface area contributed by atoms with Gasteiger partial charge in [-0.15, -0.1) is 0 Å². The van der Waals surface area contributed by atoms with Crippen molar-refractivity contribution in [2.75, 3.05) is 26.3 Å². The molecular formula is C9H23NO. The lowest BCUT2D eigenvalue weighted by atomic mass is 10.5. The second kappa shape index (κ2) is 16.5. The van der Waals surface area contributed by atoms with E-state index in [1.807, 2.05) is 13.8 Å². The fourth-order valence-electron chi connectivity index (χ4n) is 0.558. The van der Waals surface area contributed by atoms with Gasteiger partial charge in [-0.1, -0.05) is 13.8 Å². The highest BCUT2D eigenvalue weighted by Crippen LogP contribution is 1.65. The third-order valence-corrected chi connectivity index (χ3v) is 1.09. The lowest BCUT2D eigenvalue weighted by Gasteiger charge is -1.91. The van der Waals surface area contributed by atoms with E-state index in [-0.39, 0.29) is 0 Å². The largest absolute Gasteiger partial charge is 0.382 e. The first-order chi connectivity index (χ1) is 5.33. The van der Waals surface area contributed by atoms with Gasteiger partial charge in [-0.2, -0.15) is 0 Å². The summed E-state index contributed by atoms with van der Waals surface area (Å²) in [5.41, 5.74) is 0. The van der Waals surface area contributed by atoms with Gasteiger partial charge in [0.05, 0.1) is 0 Å². The minimum absolute atomic E-state index is 0.844. The van der Waals surface area contributed by atoms with E-state index in [9.17, 15) is 0 Å². The molecule has 0 rings (SSSR count). The van der Waals surface area contributed by atoms with Crippen molar-refractivity contribution in [2.45, 2.75) is 34.1 Å². The molecule has 0 aromatic heterocycles. The summed E-state index contributed by atoms with van der Waals surface area (Å²) in [5.74, 6) is 0. The molecule has 11 heavy (non-hydrogen) atoms. The highest BCUT2D eigenvalue weighted by atomic mass is 16.5. The first-order valence-electron chi connectivity index (χ1n) is 4.61. The van der Waals surface area contributed by atoms with Crippen LogP contribution in [0.3, 0.4) is 0 Å². The van der Waals surface area contributed by atoms with Crippen molar-refractivity contribution in [3.63, 3.8) is 0 Å². The molecule has 0 fully saturated rings. The molecule has 0 saturated heterocycles. The average molecular weight is 161 g/mol. The molecule has 0 aliphatic carbocycles. The number of ether oxygens (including phenoxy) is 1. The average Bonchev–Trinajstić information content (AvgIpc) is 2.04. The molecule has 0 bridgehead atoms. The van der Waals surface area contributed by atoms with Gasteiger partial charge < -0.3 is 10.1 Å². The maximum Gasteiger partial charge on any atom is 0.0437 e. The Hall–Kier alpha value is -0.0800. The Morgan fingerprint density at radius 2 is 1.55 bits per heavy atom. The van der Waals surface area contributed by atoms with Crippen LogP contribution in [0.5, 0.6) is 0 Å². The molecule has 0 spiro atoms. The predicted molar refractivity (Wildman–Crippen MR) is 51.0 cm³/mol. The summed E-state index contributed by atoms with van der Waals surface area (Å²) in [6.07, 6.45) is 1.24. The number of nitrogens with one attached hydrogen (secondary N) is 1. The zero-order valence-electron chi connectivity index (χ0n) is 8.44. The summed E-state index contributed by atoms with van der Waals surface area (Å²) in [4.78, 5) is 0. The van der Waals surface area contributed by atoms with Gasteiger partial charge in [-0.3, -0.25) is 0 Å². The van der Waals surface area contributed by atoms with Gasteiger partial charge in [0.15, 0.2) is 0 Å². The van der Waals surface area contributed by atoms with Crippen molar-refractivity contribution in [1.29, 1.82) is 0 Å². The quantitative estimate of drug-likeness (QED) is 0.623. The molecule has 0 aromatic rings. The van der Waals surface area contributed by atoms with Crippen molar-refractivity contribution < 1.29 is 4.74 Å². The molecule has 0 aliphatic heterocycles. The van der Waals surface area contributed by atoms with E-state index in [1.54, 1.807) is 0 Å². The summed E-state index contributed by atoms with van der Waals surface area (Å²) in [6, 6.07) is 0. The smallest absolute Gasteiger partial charge is 0.0437 e. The number of rotatable bonds is 5. The van der Waals surface area contributed by atoms with Gasteiger partial charge in [-0.25, -0.2) is 0 Å². The molecule has 0 unspecified atom stereocenters. The Bertz CT molecular complexity index is 42.8. The van der Waals surface area contributed by atoms with Crippen LogP contribution in [0.4, 0.5) is 0 Å². The van der Waals surface area contributed by atoms with Crippen LogP contribution >= 0.6 is 0 Å². The lowest BCUT2D eigenvalue weighted by molar-refractivity contribution is 0.162. The highest BCUT2D eigenvalue weighted by molar-refractivity contribution is 4.35. The predicted octanol–water partition coefficient (Wildman–Crippen LogP) is 2.05. The summed E-state index contributed by atoms with van der Waals surface area (Å²) in [5, 5.41) is 3.20. The Morgan fingerprint density at radius 1 is 1.00 bits per heavy atom. The molecule has 0 radical (unpaired) electrons. The summed E-state index contributed by atoms with van der Waals surface area (Å²) >= 11 is 0. The minimum atomic E-state index is 0.844. The van der Waals surface area contributed by atoms with E-state index >= 15 is 0 Å². The van der Waals surface area contributed by atoms with Gasteiger partial charge >= 0.3 is 0 Å². The van der Waals surface area contributed by atoms with Crippen molar-refractivity contribution in [2.24, 2.45) is 0 Å². The van der Waals surface area contributed by atoms with E-state index in [2.05, 4.69) is 19.2 Å².